The van der Waals surface area contributed by atoms with Crippen molar-refractivity contribution in [3.63, 3.8) is 0 Å². The lowest BCUT2D eigenvalue weighted by atomic mass is 9.81. The zero-order valence-corrected chi connectivity index (χ0v) is 15.3. The zero-order valence-electron chi connectivity index (χ0n) is 15.3. The molecule has 1 aromatic carbocycles. The Bertz CT molecular complexity index is 779. The van der Waals surface area contributed by atoms with Crippen molar-refractivity contribution in [2.75, 3.05) is 6.54 Å². The maximum atomic E-state index is 14.0. The molecule has 0 radical (unpaired) electrons. The van der Waals surface area contributed by atoms with Crippen LogP contribution >= 0.6 is 0 Å². The van der Waals surface area contributed by atoms with E-state index in [-0.39, 0.29) is 17.6 Å². The summed E-state index contributed by atoms with van der Waals surface area (Å²) in [4.78, 5) is 12.7. The Balaban J connectivity index is 1.51. The fraction of sp³-hybridized carbons (Fsp3) is 0.600. The number of carbonyl (C=O) groups is 1. The number of halogens is 1. The molecule has 1 heterocycles. The van der Waals surface area contributed by atoms with Crippen molar-refractivity contribution < 1.29 is 9.18 Å². The highest BCUT2D eigenvalue weighted by Gasteiger charge is 2.52. The highest BCUT2D eigenvalue weighted by atomic mass is 19.1. The molecule has 1 amide bonds. The maximum Gasteiger partial charge on any atom is 0.254 e. The van der Waals surface area contributed by atoms with Crippen LogP contribution in [0.1, 0.15) is 55.3 Å². The molecule has 1 aromatic rings. The SMILES string of the molecule is N#CC1(N2CC([C@@H](NC(=O)c3ccccc3F)C3CCCCC3)N=N2)CC1. The summed E-state index contributed by atoms with van der Waals surface area (Å²) >= 11 is 0. The molecular formula is C20H24FN5O. The smallest absolute Gasteiger partial charge is 0.254 e. The summed E-state index contributed by atoms with van der Waals surface area (Å²) in [5.74, 6) is -0.622. The van der Waals surface area contributed by atoms with E-state index >= 15 is 0 Å². The van der Waals surface area contributed by atoms with Crippen LogP contribution in [0.25, 0.3) is 0 Å². The third kappa shape index (κ3) is 3.53. The van der Waals surface area contributed by atoms with E-state index in [1.54, 1.807) is 17.1 Å². The quantitative estimate of drug-likeness (QED) is 0.861. The Morgan fingerprint density at radius 3 is 2.70 bits per heavy atom. The van der Waals surface area contributed by atoms with E-state index in [9.17, 15) is 14.4 Å². The van der Waals surface area contributed by atoms with Gasteiger partial charge >= 0.3 is 0 Å². The Morgan fingerprint density at radius 1 is 1.30 bits per heavy atom. The van der Waals surface area contributed by atoms with Gasteiger partial charge in [-0.1, -0.05) is 36.6 Å². The van der Waals surface area contributed by atoms with Crippen LogP contribution < -0.4 is 5.32 Å². The minimum absolute atomic E-state index is 0.0563. The van der Waals surface area contributed by atoms with Crippen LogP contribution in [0.2, 0.25) is 0 Å². The molecule has 2 saturated carbocycles. The first-order valence-corrected chi connectivity index (χ1v) is 9.78. The van der Waals surface area contributed by atoms with Gasteiger partial charge in [0.15, 0.2) is 0 Å². The summed E-state index contributed by atoms with van der Waals surface area (Å²) in [6, 6.07) is 7.98. The predicted octanol–water partition coefficient (Wildman–Crippen LogP) is 3.61. The molecule has 2 atom stereocenters. The molecule has 0 spiro atoms. The molecule has 4 rings (SSSR count). The van der Waals surface area contributed by atoms with Crippen molar-refractivity contribution in [1.29, 1.82) is 5.26 Å². The minimum atomic E-state index is -0.520. The Morgan fingerprint density at radius 2 is 2.04 bits per heavy atom. The molecule has 1 unspecified atom stereocenters. The van der Waals surface area contributed by atoms with Crippen LogP contribution in [0, 0.1) is 23.1 Å². The standard InChI is InChI=1S/C20H24FN5O/c21-16-9-5-4-8-15(16)19(27)23-18(14-6-2-1-3-7-14)17-12-26(25-24-17)20(13-22)10-11-20/h4-5,8-9,14,17-18H,1-3,6-7,10-12H2,(H,23,27)/t17?,18-/m0/s1. The van der Waals surface area contributed by atoms with Crippen LogP contribution in [0.4, 0.5) is 4.39 Å². The van der Waals surface area contributed by atoms with E-state index in [0.717, 1.165) is 38.5 Å². The summed E-state index contributed by atoms with van der Waals surface area (Å²) < 4.78 is 14.0. The number of carbonyl (C=O) groups excluding carboxylic acids is 1. The van der Waals surface area contributed by atoms with Gasteiger partial charge in [-0.15, -0.1) is 0 Å². The molecule has 1 aliphatic heterocycles. The number of hydrogen-bond acceptors (Lipinski definition) is 5. The lowest BCUT2D eigenvalue weighted by Gasteiger charge is -2.33. The summed E-state index contributed by atoms with van der Waals surface area (Å²) in [5, 5.41) is 22.9. The minimum Gasteiger partial charge on any atom is -0.347 e. The van der Waals surface area contributed by atoms with Crippen LogP contribution in [-0.4, -0.2) is 35.1 Å². The summed E-state index contributed by atoms with van der Waals surface area (Å²) in [7, 11) is 0. The second kappa shape index (κ2) is 7.26. The Kier molecular flexibility index (Phi) is 4.81. The van der Waals surface area contributed by atoms with Crippen LogP contribution in [-0.2, 0) is 0 Å². The van der Waals surface area contributed by atoms with Gasteiger partial charge in [0.1, 0.15) is 17.4 Å². The third-order valence-electron chi connectivity index (χ3n) is 6.08. The van der Waals surface area contributed by atoms with Gasteiger partial charge in [0.25, 0.3) is 5.91 Å². The lowest BCUT2D eigenvalue weighted by molar-refractivity contribution is 0.0894. The highest BCUT2D eigenvalue weighted by Crippen LogP contribution is 2.43. The molecule has 2 fully saturated rings. The van der Waals surface area contributed by atoms with Crippen molar-refractivity contribution in [2.24, 2.45) is 16.3 Å². The van der Waals surface area contributed by atoms with E-state index in [2.05, 4.69) is 21.7 Å². The van der Waals surface area contributed by atoms with E-state index in [0.29, 0.717) is 12.5 Å². The average Bonchev–Trinajstić information content (AvgIpc) is 3.35. The average molecular weight is 369 g/mol. The van der Waals surface area contributed by atoms with Gasteiger partial charge in [-0.3, -0.25) is 9.80 Å². The molecule has 3 aliphatic rings. The molecule has 7 heteroatoms. The van der Waals surface area contributed by atoms with Gasteiger partial charge in [0, 0.05) is 0 Å². The van der Waals surface area contributed by atoms with Gasteiger partial charge in [-0.25, -0.2) is 4.39 Å². The number of nitrogens with one attached hydrogen (secondary N) is 1. The topological polar surface area (TPSA) is 80.9 Å². The first kappa shape index (κ1) is 17.9. The molecule has 0 bridgehead atoms. The van der Waals surface area contributed by atoms with Crippen molar-refractivity contribution in [1.82, 2.24) is 10.3 Å². The molecule has 1 N–H and O–H groups in total. The number of hydrogen-bond donors (Lipinski definition) is 1. The van der Waals surface area contributed by atoms with Crippen molar-refractivity contribution in [3.05, 3.63) is 35.6 Å². The Hall–Kier alpha value is -2.49. The van der Waals surface area contributed by atoms with Gasteiger partial charge in [-0.05, 0) is 43.7 Å². The first-order chi connectivity index (χ1) is 13.1. The lowest BCUT2D eigenvalue weighted by Crippen LogP contribution is -2.50. The summed E-state index contributed by atoms with van der Waals surface area (Å²) in [6.45, 7) is 0.534. The molecule has 27 heavy (non-hydrogen) atoms. The van der Waals surface area contributed by atoms with Crippen molar-refractivity contribution >= 4 is 5.91 Å². The predicted molar refractivity (Wildman–Crippen MR) is 97.2 cm³/mol. The van der Waals surface area contributed by atoms with Crippen LogP contribution in [0.5, 0.6) is 0 Å². The molecular weight excluding hydrogens is 345 g/mol. The highest BCUT2D eigenvalue weighted by molar-refractivity contribution is 5.94. The van der Waals surface area contributed by atoms with Crippen molar-refractivity contribution in [3.8, 4) is 6.07 Å². The van der Waals surface area contributed by atoms with Gasteiger partial charge in [0.2, 0.25) is 0 Å². The second-order valence-corrected chi connectivity index (χ2v) is 7.87. The summed E-state index contributed by atoms with van der Waals surface area (Å²) in [5.41, 5.74) is -0.453. The van der Waals surface area contributed by atoms with Gasteiger partial charge in [-0.2, -0.15) is 10.4 Å². The van der Waals surface area contributed by atoms with E-state index in [1.165, 1.54) is 18.6 Å². The van der Waals surface area contributed by atoms with E-state index in [1.807, 2.05) is 0 Å². The van der Waals surface area contributed by atoms with Crippen molar-refractivity contribution in [2.45, 2.75) is 62.6 Å². The molecule has 6 nitrogen and oxygen atoms in total. The molecule has 142 valence electrons. The first-order valence-electron chi connectivity index (χ1n) is 9.78. The van der Waals surface area contributed by atoms with Crippen LogP contribution in [0.3, 0.4) is 0 Å². The van der Waals surface area contributed by atoms with Crippen LogP contribution in [0.15, 0.2) is 34.6 Å². The number of amides is 1. The second-order valence-electron chi connectivity index (χ2n) is 7.87. The third-order valence-corrected chi connectivity index (χ3v) is 6.08. The largest absolute Gasteiger partial charge is 0.347 e. The molecule has 2 aliphatic carbocycles. The molecule has 0 saturated heterocycles. The maximum absolute atomic E-state index is 14.0. The number of nitriles is 1. The zero-order chi connectivity index (χ0) is 18.9. The Labute approximate surface area is 158 Å². The van der Waals surface area contributed by atoms with E-state index < -0.39 is 17.3 Å². The fourth-order valence-corrected chi connectivity index (χ4v) is 4.27. The number of benzene rings is 1. The number of nitrogens with zero attached hydrogens (tertiary/aromatic N) is 4. The monoisotopic (exact) mass is 369 g/mol. The van der Waals surface area contributed by atoms with Gasteiger partial charge in [0.05, 0.1) is 24.2 Å². The normalized spacial score (nSPS) is 25.0. The number of rotatable bonds is 5. The van der Waals surface area contributed by atoms with Gasteiger partial charge < -0.3 is 5.32 Å². The van der Waals surface area contributed by atoms with E-state index in [4.69, 9.17) is 0 Å². The fourth-order valence-electron chi connectivity index (χ4n) is 4.27. The molecule has 0 aromatic heterocycles. The summed E-state index contributed by atoms with van der Waals surface area (Å²) in [6.07, 6.45) is 7.14.